The third-order valence-electron chi connectivity index (χ3n) is 6.42. The summed E-state index contributed by atoms with van der Waals surface area (Å²) in [4.78, 5) is 20.4. The molecule has 0 bridgehead atoms. The van der Waals surface area contributed by atoms with Crippen LogP contribution in [0.4, 0.5) is 5.69 Å². The molecule has 0 aliphatic carbocycles. The summed E-state index contributed by atoms with van der Waals surface area (Å²) in [5, 5.41) is 4.99. The zero-order valence-corrected chi connectivity index (χ0v) is 21.3. The van der Waals surface area contributed by atoms with Crippen LogP contribution in [0.25, 0.3) is 10.9 Å². The molecule has 2 N–H and O–H groups in total. The molecule has 186 valence electrons. The van der Waals surface area contributed by atoms with Crippen molar-refractivity contribution in [2.24, 2.45) is 0 Å². The zero-order valence-electron chi connectivity index (χ0n) is 20.5. The largest absolute Gasteiger partial charge is 0.497 e. The molecule has 0 spiro atoms. The normalized spacial score (nSPS) is 14.1. The molecule has 7 nitrogen and oxygen atoms in total. The predicted octanol–water partition coefficient (Wildman–Crippen LogP) is 4.02. The highest BCUT2D eigenvalue weighted by molar-refractivity contribution is 7.80. The van der Waals surface area contributed by atoms with Crippen molar-refractivity contribution in [2.45, 2.75) is 26.3 Å². The first-order valence-electron chi connectivity index (χ1n) is 12.2. The topological polar surface area (TPSA) is 69.8 Å². The minimum atomic E-state index is -0.0994. The maximum absolute atomic E-state index is 12.9. The van der Waals surface area contributed by atoms with Gasteiger partial charge in [0.2, 0.25) is 0 Å². The molecule has 35 heavy (non-hydrogen) atoms. The average Bonchev–Trinajstić information content (AvgIpc) is 2.89. The van der Waals surface area contributed by atoms with Crippen molar-refractivity contribution in [3.8, 4) is 5.75 Å². The maximum atomic E-state index is 12.9. The van der Waals surface area contributed by atoms with E-state index in [1.165, 1.54) is 5.56 Å². The number of pyridine rings is 1. The number of thiocarbonyl (C=S) groups is 1. The summed E-state index contributed by atoms with van der Waals surface area (Å²) in [6.45, 7) is 7.75. The number of hydrogen-bond donors (Lipinski definition) is 2. The highest BCUT2D eigenvalue weighted by Gasteiger charge is 2.16. The second kappa shape index (κ2) is 12.2. The van der Waals surface area contributed by atoms with Crippen LogP contribution in [-0.2, 0) is 17.7 Å². The van der Waals surface area contributed by atoms with E-state index in [4.69, 9.17) is 21.7 Å². The lowest BCUT2D eigenvalue weighted by Crippen LogP contribution is -2.40. The van der Waals surface area contributed by atoms with Crippen molar-refractivity contribution in [1.29, 1.82) is 0 Å². The molecule has 0 amide bonds. The summed E-state index contributed by atoms with van der Waals surface area (Å²) in [6, 6.07) is 15.8. The number of aromatic nitrogens is 1. The highest BCUT2D eigenvalue weighted by Crippen LogP contribution is 2.20. The Kier molecular flexibility index (Phi) is 8.74. The number of ether oxygens (including phenoxy) is 2. The Morgan fingerprint density at radius 3 is 2.74 bits per heavy atom. The van der Waals surface area contributed by atoms with E-state index < -0.39 is 0 Å². The number of morpholine rings is 1. The molecule has 0 saturated carbocycles. The molecular weight excluding hydrogens is 460 g/mol. The van der Waals surface area contributed by atoms with Gasteiger partial charge in [-0.05, 0) is 61.0 Å². The van der Waals surface area contributed by atoms with Gasteiger partial charge in [-0.1, -0.05) is 25.1 Å². The lowest BCUT2D eigenvalue weighted by Gasteiger charge is -2.30. The monoisotopic (exact) mass is 494 g/mol. The fourth-order valence-corrected chi connectivity index (χ4v) is 4.65. The minimum Gasteiger partial charge on any atom is -0.497 e. The number of methoxy groups -OCH3 is 1. The fraction of sp³-hybridized carbons (Fsp3) is 0.407. The van der Waals surface area contributed by atoms with Crippen molar-refractivity contribution in [1.82, 2.24) is 14.8 Å². The van der Waals surface area contributed by atoms with E-state index in [9.17, 15) is 4.79 Å². The van der Waals surface area contributed by atoms with Gasteiger partial charge in [-0.2, -0.15) is 0 Å². The molecule has 1 aliphatic heterocycles. The van der Waals surface area contributed by atoms with Crippen LogP contribution in [0.2, 0.25) is 0 Å². The maximum Gasteiger partial charge on any atom is 0.253 e. The standard InChI is InChI=1S/C27H34N4O3S/c1-3-20-7-4-5-8-24(20)29-27(35)31(12-6-11-30-13-15-34-16-14-30)19-22-17-21-18-23(33-2)9-10-25(21)28-26(22)32/h4-5,7-10,17-18H,3,6,11-16,19H2,1-2H3,(H,28,32)(H,29,35). The van der Waals surface area contributed by atoms with Gasteiger partial charge in [0.25, 0.3) is 5.56 Å². The zero-order chi connectivity index (χ0) is 24.6. The van der Waals surface area contributed by atoms with Crippen molar-refractivity contribution in [3.63, 3.8) is 0 Å². The molecule has 0 atom stereocenters. The third kappa shape index (κ3) is 6.60. The molecule has 1 aliphatic rings. The molecule has 0 radical (unpaired) electrons. The second-order valence-electron chi connectivity index (χ2n) is 8.75. The summed E-state index contributed by atoms with van der Waals surface area (Å²) in [5.74, 6) is 0.756. The lowest BCUT2D eigenvalue weighted by molar-refractivity contribution is 0.0367. The predicted molar refractivity (Wildman–Crippen MR) is 145 cm³/mol. The number of nitrogens with one attached hydrogen (secondary N) is 2. The number of hydrogen-bond acceptors (Lipinski definition) is 5. The van der Waals surface area contributed by atoms with Crippen LogP contribution >= 0.6 is 12.2 Å². The van der Waals surface area contributed by atoms with Gasteiger partial charge in [0, 0.05) is 48.3 Å². The molecule has 1 fully saturated rings. The molecule has 4 rings (SSSR count). The van der Waals surface area contributed by atoms with E-state index in [0.717, 1.165) is 74.6 Å². The van der Waals surface area contributed by atoms with Gasteiger partial charge >= 0.3 is 0 Å². The average molecular weight is 495 g/mol. The number of benzene rings is 2. The van der Waals surface area contributed by atoms with Gasteiger partial charge in [-0.3, -0.25) is 9.69 Å². The van der Waals surface area contributed by atoms with Gasteiger partial charge in [-0.15, -0.1) is 0 Å². The van der Waals surface area contributed by atoms with Gasteiger partial charge < -0.3 is 24.7 Å². The van der Waals surface area contributed by atoms with E-state index in [2.05, 4.69) is 33.1 Å². The fourth-order valence-electron chi connectivity index (χ4n) is 4.39. The van der Waals surface area contributed by atoms with Crippen molar-refractivity contribution in [3.05, 3.63) is 70.0 Å². The number of H-pyrrole nitrogens is 1. The summed E-state index contributed by atoms with van der Waals surface area (Å²) < 4.78 is 10.8. The number of rotatable bonds is 9. The first kappa shape index (κ1) is 25.2. The number of anilines is 1. The van der Waals surface area contributed by atoms with Crippen LogP contribution in [0, 0.1) is 0 Å². The number of aromatic amines is 1. The smallest absolute Gasteiger partial charge is 0.253 e. The van der Waals surface area contributed by atoms with E-state index in [0.29, 0.717) is 17.2 Å². The molecule has 1 aromatic heterocycles. The van der Waals surface area contributed by atoms with Crippen LogP contribution < -0.4 is 15.6 Å². The minimum absolute atomic E-state index is 0.0994. The van der Waals surface area contributed by atoms with Gasteiger partial charge in [0.05, 0.1) is 26.9 Å². The van der Waals surface area contributed by atoms with Crippen molar-refractivity contribution >= 4 is 33.9 Å². The van der Waals surface area contributed by atoms with Crippen LogP contribution in [-0.4, -0.2) is 66.4 Å². The lowest BCUT2D eigenvalue weighted by atomic mass is 10.1. The molecule has 8 heteroatoms. The van der Waals surface area contributed by atoms with Crippen LogP contribution in [0.3, 0.4) is 0 Å². The summed E-state index contributed by atoms with van der Waals surface area (Å²) in [6.07, 6.45) is 1.85. The molecule has 2 aromatic carbocycles. The van der Waals surface area contributed by atoms with E-state index in [-0.39, 0.29) is 5.56 Å². The van der Waals surface area contributed by atoms with E-state index >= 15 is 0 Å². The van der Waals surface area contributed by atoms with E-state index in [1.807, 2.05) is 42.5 Å². The SMILES string of the molecule is CCc1ccccc1NC(=S)N(CCCN1CCOCC1)Cc1cc2cc(OC)ccc2[nH]c1=O. The van der Waals surface area contributed by atoms with Crippen molar-refractivity contribution < 1.29 is 9.47 Å². The summed E-state index contributed by atoms with van der Waals surface area (Å²) in [7, 11) is 1.64. The van der Waals surface area contributed by atoms with Gasteiger partial charge in [-0.25, -0.2) is 0 Å². The Hall–Kier alpha value is -2.94. The molecule has 1 saturated heterocycles. The Morgan fingerprint density at radius 1 is 1.17 bits per heavy atom. The highest BCUT2D eigenvalue weighted by atomic mass is 32.1. The number of nitrogens with zero attached hydrogens (tertiary/aromatic N) is 2. The molecular formula is C27H34N4O3S. The Morgan fingerprint density at radius 2 is 1.97 bits per heavy atom. The van der Waals surface area contributed by atoms with Crippen LogP contribution in [0.15, 0.2) is 53.3 Å². The number of para-hydroxylation sites is 1. The quantitative estimate of drug-likeness (QED) is 0.436. The molecule has 0 unspecified atom stereocenters. The molecule has 3 aromatic rings. The van der Waals surface area contributed by atoms with Crippen LogP contribution in [0.1, 0.15) is 24.5 Å². The number of aryl methyl sites for hydroxylation is 1. The van der Waals surface area contributed by atoms with Gasteiger partial charge in [0.15, 0.2) is 5.11 Å². The van der Waals surface area contributed by atoms with Crippen molar-refractivity contribution in [2.75, 3.05) is 51.8 Å². The first-order chi connectivity index (χ1) is 17.1. The molecule has 2 heterocycles. The summed E-state index contributed by atoms with van der Waals surface area (Å²) in [5.41, 5.74) is 3.58. The second-order valence-corrected chi connectivity index (χ2v) is 9.13. The third-order valence-corrected chi connectivity index (χ3v) is 6.78. The van der Waals surface area contributed by atoms with Gasteiger partial charge in [0.1, 0.15) is 5.75 Å². The van der Waals surface area contributed by atoms with Crippen LogP contribution in [0.5, 0.6) is 5.75 Å². The first-order valence-corrected chi connectivity index (χ1v) is 12.6. The Labute approximate surface area is 212 Å². The number of fused-ring (bicyclic) bond motifs is 1. The Balaban J connectivity index is 1.54. The van der Waals surface area contributed by atoms with E-state index in [1.54, 1.807) is 7.11 Å². The Bertz CT molecular complexity index is 1210. The summed E-state index contributed by atoms with van der Waals surface area (Å²) >= 11 is 5.86.